The fourth-order valence-corrected chi connectivity index (χ4v) is 3.73. The van der Waals surface area contributed by atoms with Crippen LogP contribution in [0.4, 0.5) is 22.0 Å². The van der Waals surface area contributed by atoms with Gasteiger partial charge in [-0.25, -0.2) is 4.79 Å². The van der Waals surface area contributed by atoms with Crippen molar-refractivity contribution in [2.24, 2.45) is 0 Å². The van der Waals surface area contributed by atoms with Crippen molar-refractivity contribution in [3.63, 3.8) is 0 Å². The van der Waals surface area contributed by atoms with E-state index in [0.29, 0.717) is 12.3 Å². The number of ether oxygens (including phenoxy) is 2. The minimum Gasteiger partial charge on any atom is -0.489 e. The maximum absolute atomic E-state index is 12.3. The summed E-state index contributed by atoms with van der Waals surface area (Å²) >= 11 is 0. The van der Waals surface area contributed by atoms with Crippen LogP contribution in [0.15, 0.2) is 54.7 Å². The first-order valence-electron chi connectivity index (χ1n) is 10.2. The lowest BCUT2D eigenvalue weighted by Crippen LogP contribution is -2.38. The van der Waals surface area contributed by atoms with Crippen molar-refractivity contribution in [3.8, 4) is 11.8 Å². The number of benzene rings is 2. The number of carbonyl (C=O) groups excluding carboxylic acids is 1. The van der Waals surface area contributed by atoms with E-state index in [1.807, 2.05) is 43.3 Å². The molecule has 10 nitrogen and oxygen atoms in total. The van der Waals surface area contributed by atoms with Gasteiger partial charge in [-0.2, -0.15) is 10.0 Å². The van der Waals surface area contributed by atoms with Crippen molar-refractivity contribution in [1.82, 2.24) is 9.55 Å². The van der Waals surface area contributed by atoms with Crippen LogP contribution in [-0.2, 0) is 13.0 Å². The summed E-state index contributed by atoms with van der Waals surface area (Å²) < 4.78 is 13.3. The zero-order chi connectivity index (χ0) is 22.5. The van der Waals surface area contributed by atoms with Crippen molar-refractivity contribution in [2.75, 3.05) is 16.6 Å². The molecular formula is C22H21N5O5. The van der Waals surface area contributed by atoms with Gasteiger partial charge in [0.1, 0.15) is 18.6 Å². The first-order valence-corrected chi connectivity index (χ1v) is 10.2. The van der Waals surface area contributed by atoms with Gasteiger partial charge in [-0.05, 0) is 60.2 Å². The Morgan fingerprint density at radius 1 is 1.12 bits per heavy atom. The van der Waals surface area contributed by atoms with Crippen molar-refractivity contribution in [3.05, 3.63) is 70.4 Å². The van der Waals surface area contributed by atoms with Crippen molar-refractivity contribution in [2.45, 2.75) is 32.4 Å². The molecule has 0 spiro atoms. The van der Waals surface area contributed by atoms with Crippen molar-refractivity contribution >= 4 is 23.2 Å². The quantitative estimate of drug-likeness (QED) is 0.316. The average Bonchev–Trinajstić information content (AvgIpc) is 3.12. The van der Waals surface area contributed by atoms with Crippen LogP contribution in [0.3, 0.4) is 0 Å². The molecule has 3 heterocycles. The van der Waals surface area contributed by atoms with Gasteiger partial charge in [0, 0.05) is 4.98 Å². The minimum absolute atomic E-state index is 0.0849. The number of fused-ring (bicyclic) bond motifs is 1. The lowest BCUT2D eigenvalue weighted by Gasteiger charge is -2.22. The number of amides is 2. The Kier molecular flexibility index (Phi) is 4.50. The Hall–Kier alpha value is -4.08. The number of hydrogen-bond acceptors (Lipinski definition) is 6. The number of rotatable bonds is 7. The summed E-state index contributed by atoms with van der Waals surface area (Å²) in [6.07, 6.45) is 2.31. The summed E-state index contributed by atoms with van der Waals surface area (Å²) in [5, 5.41) is 14.0. The molecule has 10 heteroatoms. The van der Waals surface area contributed by atoms with Gasteiger partial charge < -0.3 is 19.6 Å². The number of urea groups is 1. The number of hydrazine groups is 1. The molecule has 32 heavy (non-hydrogen) atoms. The molecule has 0 saturated carbocycles. The summed E-state index contributed by atoms with van der Waals surface area (Å²) in [7, 11) is 0. The van der Waals surface area contributed by atoms with Crippen molar-refractivity contribution in [1.29, 1.82) is 0 Å². The SMILES string of the molecule is CCc1ccc(N2C(=O)N2c2ccc(OC[C@@]3(C)Cn4cc([N+](=O)[O-])nc4O3)cc2)cc1. The smallest absolute Gasteiger partial charge is 0.415 e. The van der Waals surface area contributed by atoms with Gasteiger partial charge in [0.25, 0.3) is 0 Å². The molecule has 5 rings (SSSR count). The maximum atomic E-state index is 12.3. The van der Waals surface area contributed by atoms with E-state index in [1.165, 1.54) is 11.8 Å². The van der Waals surface area contributed by atoms with Crippen LogP contribution in [0.1, 0.15) is 19.4 Å². The van der Waals surface area contributed by atoms with Gasteiger partial charge in [-0.3, -0.25) is 4.57 Å². The standard InChI is InChI=1S/C22H21N5O5/c1-3-15-4-6-16(7-5-15)25-21(28)26(25)17-8-10-18(11-9-17)31-14-22(2)13-24-12-19(27(29)30)23-20(24)32-22/h4-12H,3,13-14H2,1-2H3/t22-,25?,26?/m1/s1. The highest BCUT2D eigenvalue weighted by Crippen LogP contribution is 2.36. The normalized spacial score (nSPS) is 19.0. The number of aryl methyl sites for hydroxylation is 1. The Labute approximate surface area is 183 Å². The van der Waals surface area contributed by atoms with E-state index in [2.05, 4.69) is 11.9 Å². The number of aromatic nitrogens is 2. The fraction of sp³-hybridized carbons (Fsp3) is 0.273. The maximum Gasteiger partial charge on any atom is 0.415 e. The molecular weight excluding hydrogens is 414 g/mol. The topological polar surface area (TPSA) is 103 Å². The molecule has 1 fully saturated rings. The number of hydrogen-bond donors (Lipinski definition) is 0. The van der Waals surface area contributed by atoms with Crippen LogP contribution in [0.25, 0.3) is 0 Å². The van der Waals surface area contributed by atoms with Crippen LogP contribution >= 0.6 is 0 Å². The molecule has 2 aliphatic rings. The lowest BCUT2D eigenvalue weighted by atomic mass is 10.1. The molecule has 164 valence electrons. The van der Waals surface area contributed by atoms with Gasteiger partial charge in [-0.1, -0.05) is 19.1 Å². The molecule has 0 bridgehead atoms. The monoisotopic (exact) mass is 435 g/mol. The number of anilines is 2. The molecule has 3 aromatic rings. The summed E-state index contributed by atoms with van der Waals surface area (Å²) in [5.41, 5.74) is 2.11. The number of carbonyl (C=O) groups is 1. The summed E-state index contributed by atoms with van der Waals surface area (Å²) in [6.45, 7) is 4.59. The predicted octanol–water partition coefficient (Wildman–Crippen LogP) is 3.95. The van der Waals surface area contributed by atoms with Crippen LogP contribution in [0, 0.1) is 10.1 Å². The first kappa shape index (κ1) is 19.9. The third kappa shape index (κ3) is 3.49. The van der Waals surface area contributed by atoms with E-state index >= 15 is 0 Å². The van der Waals surface area contributed by atoms with Crippen LogP contribution < -0.4 is 19.5 Å². The molecule has 0 radical (unpaired) electrons. The van der Waals surface area contributed by atoms with Gasteiger partial charge in [0.15, 0.2) is 5.60 Å². The molecule has 0 N–H and O–H groups in total. The van der Waals surface area contributed by atoms with E-state index < -0.39 is 10.5 Å². The average molecular weight is 435 g/mol. The molecule has 0 aliphatic carbocycles. The minimum atomic E-state index is -0.687. The molecule has 2 amide bonds. The molecule has 0 unspecified atom stereocenters. The molecule has 2 aliphatic heterocycles. The third-order valence-corrected chi connectivity index (χ3v) is 5.49. The third-order valence-electron chi connectivity index (χ3n) is 5.49. The highest BCUT2D eigenvalue weighted by molar-refractivity contribution is 6.22. The van der Waals surface area contributed by atoms with Crippen LogP contribution in [0.2, 0.25) is 0 Å². The number of imidazole rings is 1. The second-order valence-electron chi connectivity index (χ2n) is 8.03. The van der Waals surface area contributed by atoms with Gasteiger partial charge in [0.05, 0.1) is 17.9 Å². The largest absolute Gasteiger partial charge is 0.489 e. The highest BCUT2D eigenvalue weighted by Gasteiger charge is 2.45. The fourth-order valence-electron chi connectivity index (χ4n) is 3.73. The van der Waals surface area contributed by atoms with Gasteiger partial charge in [0.2, 0.25) is 0 Å². The Balaban J connectivity index is 1.20. The summed E-state index contributed by atoms with van der Waals surface area (Å²) in [4.78, 5) is 26.5. The highest BCUT2D eigenvalue weighted by atomic mass is 16.6. The second-order valence-corrected chi connectivity index (χ2v) is 8.03. The van der Waals surface area contributed by atoms with E-state index in [1.54, 1.807) is 26.7 Å². The molecule has 1 aromatic heterocycles. The van der Waals surface area contributed by atoms with E-state index in [9.17, 15) is 14.9 Å². The number of nitrogens with zero attached hydrogens (tertiary/aromatic N) is 5. The molecule has 2 aromatic carbocycles. The molecule has 1 atom stereocenters. The Morgan fingerprint density at radius 3 is 2.31 bits per heavy atom. The van der Waals surface area contributed by atoms with Gasteiger partial charge in [-0.15, -0.1) is 0 Å². The summed E-state index contributed by atoms with van der Waals surface area (Å²) in [5.74, 6) is 0.390. The van der Waals surface area contributed by atoms with Crippen LogP contribution in [-0.4, -0.2) is 32.7 Å². The second kappa shape index (κ2) is 7.26. The van der Waals surface area contributed by atoms with Gasteiger partial charge >= 0.3 is 17.9 Å². The zero-order valence-electron chi connectivity index (χ0n) is 17.6. The Morgan fingerprint density at radius 2 is 1.75 bits per heavy atom. The van der Waals surface area contributed by atoms with Crippen molar-refractivity contribution < 1.29 is 19.2 Å². The predicted molar refractivity (Wildman–Crippen MR) is 116 cm³/mol. The van der Waals surface area contributed by atoms with E-state index in [4.69, 9.17) is 9.47 Å². The zero-order valence-corrected chi connectivity index (χ0v) is 17.6. The number of nitro groups is 1. The lowest BCUT2D eigenvalue weighted by molar-refractivity contribution is -0.389. The van der Waals surface area contributed by atoms with E-state index in [0.717, 1.165) is 17.8 Å². The van der Waals surface area contributed by atoms with Crippen LogP contribution in [0.5, 0.6) is 11.8 Å². The Bertz CT molecular complexity index is 1160. The summed E-state index contributed by atoms with van der Waals surface area (Å²) in [6, 6.07) is 15.3. The first-order chi connectivity index (χ1) is 15.4. The molecule has 1 saturated heterocycles. The van der Waals surface area contributed by atoms with E-state index in [-0.39, 0.29) is 24.5 Å².